The first kappa shape index (κ1) is 16.5. The summed E-state index contributed by atoms with van der Waals surface area (Å²) in [6, 6.07) is 18.2. The molecule has 5 heteroatoms. The van der Waals surface area contributed by atoms with Gasteiger partial charge < -0.3 is 9.47 Å². The molecule has 0 amide bonds. The summed E-state index contributed by atoms with van der Waals surface area (Å²) < 4.78 is 11.6. The maximum absolute atomic E-state index is 5.92. The Bertz CT molecular complexity index is 998. The van der Waals surface area contributed by atoms with Crippen molar-refractivity contribution in [2.24, 2.45) is 0 Å². The molecule has 2 aromatic carbocycles. The van der Waals surface area contributed by atoms with Gasteiger partial charge in [-0.3, -0.25) is 0 Å². The summed E-state index contributed by atoms with van der Waals surface area (Å²) in [6.45, 7) is 2.96. The van der Waals surface area contributed by atoms with E-state index in [1.54, 1.807) is 17.7 Å². The molecule has 4 aromatic rings. The highest BCUT2D eigenvalue weighted by Crippen LogP contribution is 2.37. The number of aryl methyl sites for hydroxylation is 1. The van der Waals surface area contributed by atoms with E-state index in [-0.39, 0.29) is 0 Å². The van der Waals surface area contributed by atoms with Crippen molar-refractivity contribution in [2.45, 2.75) is 6.92 Å². The van der Waals surface area contributed by atoms with Gasteiger partial charge in [0.05, 0.1) is 5.39 Å². The van der Waals surface area contributed by atoms with Crippen LogP contribution in [0, 0.1) is 6.92 Å². The van der Waals surface area contributed by atoms with Crippen molar-refractivity contribution < 1.29 is 9.47 Å². The van der Waals surface area contributed by atoms with Gasteiger partial charge in [-0.1, -0.05) is 48.0 Å². The van der Waals surface area contributed by atoms with Crippen LogP contribution in [-0.4, -0.2) is 23.2 Å². The number of hydrogen-bond donors (Lipinski definition) is 0. The summed E-state index contributed by atoms with van der Waals surface area (Å²) in [5.41, 5.74) is 3.48. The van der Waals surface area contributed by atoms with Crippen molar-refractivity contribution in [1.82, 2.24) is 9.97 Å². The third-order valence-corrected chi connectivity index (χ3v) is 4.92. The molecular weight excluding hydrogens is 344 g/mol. The molecule has 0 N–H and O–H groups in total. The Balaban J connectivity index is 1.53. The molecule has 0 aliphatic rings. The van der Waals surface area contributed by atoms with Gasteiger partial charge in [0.1, 0.15) is 30.1 Å². The van der Waals surface area contributed by atoms with E-state index in [2.05, 4.69) is 46.5 Å². The zero-order valence-electron chi connectivity index (χ0n) is 14.4. The molecule has 2 aromatic heterocycles. The summed E-state index contributed by atoms with van der Waals surface area (Å²) in [6.07, 6.45) is 1.55. The molecular formula is C21H18N2O2S. The Morgan fingerprint density at radius 2 is 1.65 bits per heavy atom. The minimum absolute atomic E-state index is 0.421. The van der Waals surface area contributed by atoms with Crippen molar-refractivity contribution in [2.75, 3.05) is 13.2 Å². The SMILES string of the molecule is Cc1ccc(-c2csc3ncnc(OCCOc4ccccc4)c23)cc1. The maximum atomic E-state index is 5.92. The molecule has 0 aliphatic heterocycles. The fourth-order valence-corrected chi connectivity index (χ4v) is 3.62. The second-order valence-electron chi connectivity index (χ2n) is 5.88. The van der Waals surface area contributed by atoms with Crippen molar-refractivity contribution in [3.8, 4) is 22.8 Å². The Labute approximate surface area is 156 Å². The third-order valence-electron chi connectivity index (χ3n) is 4.03. The second kappa shape index (κ2) is 7.54. The van der Waals surface area contributed by atoms with Gasteiger partial charge in [0.2, 0.25) is 5.88 Å². The van der Waals surface area contributed by atoms with Gasteiger partial charge in [-0.2, -0.15) is 0 Å². The lowest BCUT2D eigenvalue weighted by Gasteiger charge is -2.09. The van der Waals surface area contributed by atoms with E-state index in [1.165, 1.54) is 5.56 Å². The average molecular weight is 362 g/mol. The number of para-hydroxylation sites is 1. The lowest BCUT2D eigenvalue weighted by atomic mass is 10.0. The summed E-state index contributed by atoms with van der Waals surface area (Å²) in [5, 5.41) is 3.07. The Morgan fingerprint density at radius 3 is 2.46 bits per heavy atom. The van der Waals surface area contributed by atoms with Crippen LogP contribution >= 0.6 is 11.3 Å². The highest BCUT2D eigenvalue weighted by Gasteiger charge is 2.14. The number of rotatable bonds is 6. The fourth-order valence-electron chi connectivity index (χ4n) is 2.72. The van der Waals surface area contributed by atoms with E-state index >= 15 is 0 Å². The lowest BCUT2D eigenvalue weighted by molar-refractivity contribution is 0.213. The highest BCUT2D eigenvalue weighted by atomic mass is 32.1. The summed E-state index contributed by atoms with van der Waals surface area (Å²) in [7, 11) is 0. The molecule has 0 saturated heterocycles. The first-order chi connectivity index (χ1) is 12.8. The van der Waals surface area contributed by atoms with E-state index in [1.807, 2.05) is 30.3 Å². The quantitative estimate of drug-likeness (QED) is 0.446. The van der Waals surface area contributed by atoms with Crippen molar-refractivity contribution in [3.63, 3.8) is 0 Å². The number of thiophene rings is 1. The van der Waals surface area contributed by atoms with Crippen LogP contribution in [0.5, 0.6) is 11.6 Å². The van der Waals surface area contributed by atoms with Gasteiger partial charge in [0.25, 0.3) is 0 Å². The largest absolute Gasteiger partial charge is 0.490 e. The van der Waals surface area contributed by atoms with Crippen molar-refractivity contribution >= 4 is 21.6 Å². The van der Waals surface area contributed by atoms with Crippen LogP contribution in [-0.2, 0) is 0 Å². The molecule has 2 heterocycles. The minimum Gasteiger partial charge on any atom is -0.490 e. The first-order valence-electron chi connectivity index (χ1n) is 8.41. The summed E-state index contributed by atoms with van der Waals surface area (Å²) >= 11 is 1.60. The molecule has 0 aliphatic carbocycles. The number of nitrogens with zero attached hydrogens (tertiary/aromatic N) is 2. The van der Waals surface area contributed by atoms with E-state index < -0.39 is 0 Å². The number of benzene rings is 2. The van der Waals surface area contributed by atoms with E-state index in [0.717, 1.165) is 27.1 Å². The van der Waals surface area contributed by atoms with Crippen LogP contribution in [0.25, 0.3) is 21.3 Å². The lowest BCUT2D eigenvalue weighted by Crippen LogP contribution is -2.10. The molecule has 0 spiro atoms. The zero-order chi connectivity index (χ0) is 17.8. The van der Waals surface area contributed by atoms with Gasteiger partial charge in [-0.05, 0) is 24.6 Å². The molecule has 4 rings (SSSR count). The Morgan fingerprint density at radius 1 is 0.885 bits per heavy atom. The van der Waals surface area contributed by atoms with Gasteiger partial charge in [0.15, 0.2) is 0 Å². The normalized spacial score (nSPS) is 10.8. The minimum atomic E-state index is 0.421. The van der Waals surface area contributed by atoms with E-state index in [4.69, 9.17) is 9.47 Å². The first-order valence-corrected chi connectivity index (χ1v) is 9.29. The molecule has 0 unspecified atom stereocenters. The van der Waals surface area contributed by atoms with Gasteiger partial charge in [-0.25, -0.2) is 9.97 Å². The topological polar surface area (TPSA) is 44.2 Å². The summed E-state index contributed by atoms with van der Waals surface area (Å²) in [4.78, 5) is 9.65. The Hall–Kier alpha value is -2.92. The van der Waals surface area contributed by atoms with Crippen LogP contribution in [0.3, 0.4) is 0 Å². The van der Waals surface area contributed by atoms with Crippen molar-refractivity contribution in [1.29, 1.82) is 0 Å². The molecule has 0 saturated carbocycles. The molecule has 4 nitrogen and oxygen atoms in total. The average Bonchev–Trinajstić information content (AvgIpc) is 3.12. The number of fused-ring (bicyclic) bond motifs is 1. The van der Waals surface area contributed by atoms with Crippen LogP contribution in [0.15, 0.2) is 66.3 Å². The van der Waals surface area contributed by atoms with E-state index in [0.29, 0.717) is 19.1 Å². The monoisotopic (exact) mass is 362 g/mol. The predicted molar refractivity (Wildman–Crippen MR) is 105 cm³/mol. The van der Waals surface area contributed by atoms with Crippen LogP contribution in [0.2, 0.25) is 0 Å². The summed E-state index contributed by atoms with van der Waals surface area (Å²) in [5.74, 6) is 1.43. The van der Waals surface area contributed by atoms with Crippen molar-refractivity contribution in [3.05, 3.63) is 71.9 Å². The molecule has 0 radical (unpaired) electrons. The fraction of sp³-hybridized carbons (Fsp3) is 0.143. The number of ether oxygens (including phenoxy) is 2. The Kier molecular flexibility index (Phi) is 4.80. The molecule has 26 heavy (non-hydrogen) atoms. The standard InChI is InChI=1S/C21H18N2O2S/c1-15-7-9-16(10-8-15)18-13-26-21-19(18)20(22-14-23-21)25-12-11-24-17-5-3-2-4-6-17/h2-10,13-14H,11-12H2,1H3. The predicted octanol–water partition coefficient (Wildman–Crippen LogP) is 5.12. The molecule has 0 bridgehead atoms. The molecule has 0 fully saturated rings. The van der Waals surface area contributed by atoms with Gasteiger partial charge in [0, 0.05) is 10.9 Å². The van der Waals surface area contributed by atoms with Crippen LogP contribution < -0.4 is 9.47 Å². The maximum Gasteiger partial charge on any atom is 0.226 e. The van der Waals surface area contributed by atoms with Crippen LogP contribution in [0.4, 0.5) is 0 Å². The van der Waals surface area contributed by atoms with E-state index in [9.17, 15) is 0 Å². The van der Waals surface area contributed by atoms with Gasteiger partial charge >= 0.3 is 0 Å². The highest BCUT2D eigenvalue weighted by molar-refractivity contribution is 7.17. The second-order valence-corrected chi connectivity index (χ2v) is 6.74. The molecule has 130 valence electrons. The zero-order valence-corrected chi connectivity index (χ0v) is 15.2. The third kappa shape index (κ3) is 3.53. The number of aromatic nitrogens is 2. The number of hydrogen-bond acceptors (Lipinski definition) is 5. The van der Waals surface area contributed by atoms with Gasteiger partial charge in [-0.15, -0.1) is 11.3 Å². The van der Waals surface area contributed by atoms with Crippen LogP contribution in [0.1, 0.15) is 5.56 Å². The molecule has 0 atom stereocenters. The smallest absolute Gasteiger partial charge is 0.226 e.